The van der Waals surface area contributed by atoms with Crippen LogP contribution in [0.1, 0.15) is 43.2 Å². The van der Waals surface area contributed by atoms with Crippen LogP contribution in [0, 0.1) is 0 Å². The molecular weight excluding hydrogens is 282 g/mol. The van der Waals surface area contributed by atoms with Gasteiger partial charge in [0.2, 0.25) is 5.91 Å². The molecule has 1 aliphatic carbocycles. The largest absolute Gasteiger partial charge is 0.480 e. The topological polar surface area (TPSA) is 75.6 Å². The summed E-state index contributed by atoms with van der Waals surface area (Å²) >= 11 is 0. The minimum absolute atomic E-state index is 0.187. The van der Waals surface area contributed by atoms with E-state index in [1.165, 1.54) is 0 Å². The first-order valence-corrected chi connectivity index (χ1v) is 7.67. The van der Waals surface area contributed by atoms with Crippen molar-refractivity contribution in [3.8, 4) is 0 Å². The number of hydrogen-bond acceptors (Lipinski definition) is 3. The second kappa shape index (κ2) is 7.40. The molecule has 22 heavy (non-hydrogen) atoms. The zero-order chi connectivity index (χ0) is 16.0. The predicted molar refractivity (Wildman–Crippen MR) is 82.5 cm³/mol. The Hall–Kier alpha value is -1.88. The average Bonchev–Trinajstić information content (AvgIpc) is 2.48. The smallest absolute Gasteiger partial charge is 0.329 e. The lowest BCUT2D eigenvalue weighted by Crippen LogP contribution is -2.55. The fraction of sp³-hybridized carbons (Fsp3) is 0.529. The van der Waals surface area contributed by atoms with Gasteiger partial charge in [-0.1, -0.05) is 43.5 Å². The summed E-state index contributed by atoms with van der Waals surface area (Å²) in [5.41, 5.74) is 0.779. The van der Waals surface area contributed by atoms with Crippen LogP contribution in [0.3, 0.4) is 0 Å². The second-order valence-electron chi connectivity index (χ2n) is 5.93. The minimum atomic E-state index is -1.08. The van der Waals surface area contributed by atoms with Gasteiger partial charge >= 0.3 is 5.97 Å². The Morgan fingerprint density at radius 1 is 1.23 bits per heavy atom. The van der Waals surface area contributed by atoms with Crippen molar-refractivity contribution in [3.05, 3.63) is 35.4 Å². The van der Waals surface area contributed by atoms with Crippen molar-refractivity contribution in [1.82, 2.24) is 5.32 Å². The minimum Gasteiger partial charge on any atom is -0.480 e. The molecule has 0 bridgehead atoms. The van der Waals surface area contributed by atoms with Gasteiger partial charge in [-0.15, -0.1) is 0 Å². The van der Waals surface area contributed by atoms with Gasteiger partial charge in [0.25, 0.3) is 0 Å². The molecule has 5 nitrogen and oxygen atoms in total. The standard InChI is InChI=1S/C17H23NO4/c1-22-12-14-7-5-6-13(10-14)11-15(19)18-17(16(20)21)8-3-2-4-9-17/h5-7,10H,2-4,8-9,11-12H2,1H3,(H,18,19)(H,20,21). The van der Waals surface area contributed by atoms with E-state index in [1.54, 1.807) is 7.11 Å². The zero-order valence-corrected chi connectivity index (χ0v) is 12.9. The Bertz CT molecular complexity index is 535. The third kappa shape index (κ3) is 4.07. The predicted octanol–water partition coefficient (Wildman–Crippen LogP) is 2.28. The van der Waals surface area contributed by atoms with Crippen LogP contribution in [0.5, 0.6) is 0 Å². The van der Waals surface area contributed by atoms with Crippen LogP contribution in [-0.4, -0.2) is 29.6 Å². The molecular formula is C17H23NO4. The molecule has 2 rings (SSSR count). The Morgan fingerprint density at radius 2 is 1.91 bits per heavy atom. The number of carbonyl (C=O) groups is 2. The van der Waals surface area contributed by atoms with Gasteiger partial charge in [-0.05, 0) is 24.0 Å². The van der Waals surface area contributed by atoms with E-state index in [1.807, 2.05) is 24.3 Å². The lowest BCUT2D eigenvalue weighted by molar-refractivity contribution is -0.149. The highest BCUT2D eigenvalue weighted by Gasteiger charge is 2.40. The van der Waals surface area contributed by atoms with Gasteiger partial charge in [-0.3, -0.25) is 4.79 Å². The van der Waals surface area contributed by atoms with Crippen LogP contribution >= 0.6 is 0 Å². The molecule has 1 fully saturated rings. The summed E-state index contributed by atoms with van der Waals surface area (Å²) in [7, 11) is 1.62. The molecule has 1 aromatic rings. The summed E-state index contributed by atoms with van der Waals surface area (Å²) < 4.78 is 5.08. The first-order valence-electron chi connectivity index (χ1n) is 7.67. The van der Waals surface area contributed by atoms with E-state index in [9.17, 15) is 14.7 Å². The molecule has 0 radical (unpaired) electrons. The molecule has 0 saturated heterocycles. The number of rotatable bonds is 6. The van der Waals surface area contributed by atoms with E-state index in [-0.39, 0.29) is 12.3 Å². The van der Waals surface area contributed by atoms with Gasteiger partial charge in [0.15, 0.2) is 0 Å². The van der Waals surface area contributed by atoms with Gasteiger partial charge in [0, 0.05) is 7.11 Å². The molecule has 1 aliphatic rings. The Labute approximate surface area is 130 Å². The van der Waals surface area contributed by atoms with Crippen LogP contribution in [0.4, 0.5) is 0 Å². The van der Waals surface area contributed by atoms with Gasteiger partial charge < -0.3 is 15.2 Å². The van der Waals surface area contributed by atoms with Gasteiger partial charge in [-0.25, -0.2) is 4.79 Å². The van der Waals surface area contributed by atoms with Gasteiger partial charge in [0.05, 0.1) is 13.0 Å². The van der Waals surface area contributed by atoms with Crippen molar-refractivity contribution in [3.63, 3.8) is 0 Å². The van der Waals surface area contributed by atoms with Crippen molar-refractivity contribution in [2.45, 2.75) is 50.7 Å². The lowest BCUT2D eigenvalue weighted by Gasteiger charge is -2.34. The lowest BCUT2D eigenvalue weighted by atomic mass is 9.81. The van der Waals surface area contributed by atoms with Crippen molar-refractivity contribution < 1.29 is 19.4 Å². The molecule has 0 heterocycles. The molecule has 0 aromatic heterocycles. The quantitative estimate of drug-likeness (QED) is 0.845. The van der Waals surface area contributed by atoms with E-state index in [2.05, 4.69) is 5.32 Å². The Kier molecular flexibility index (Phi) is 5.55. The molecule has 1 aromatic carbocycles. The Balaban J connectivity index is 2.02. The number of methoxy groups -OCH3 is 1. The number of carbonyl (C=O) groups excluding carboxylic acids is 1. The third-order valence-electron chi connectivity index (χ3n) is 4.16. The molecule has 120 valence electrons. The summed E-state index contributed by atoms with van der Waals surface area (Å²) in [6.45, 7) is 0.495. The summed E-state index contributed by atoms with van der Waals surface area (Å²) in [4.78, 5) is 23.8. The molecule has 1 saturated carbocycles. The molecule has 1 amide bonds. The second-order valence-corrected chi connectivity index (χ2v) is 5.93. The summed E-state index contributed by atoms with van der Waals surface area (Å²) in [6.07, 6.45) is 3.93. The maximum absolute atomic E-state index is 12.3. The maximum Gasteiger partial charge on any atom is 0.329 e. The number of nitrogens with one attached hydrogen (secondary N) is 1. The molecule has 5 heteroatoms. The van der Waals surface area contributed by atoms with Crippen LogP contribution < -0.4 is 5.32 Å². The fourth-order valence-corrected chi connectivity index (χ4v) is 3.04. The number of benzene rings is 1. The van der Waals surface area contributed by atoms with E-state index in [0.717, 1.165) is 30.4 Å². The van der Waals surface area contributed by atoms with Crippen LogP contribution in [0.15, 0.2) is 24.3 Å². The number of carboxylic acids is 1. The highest BCUT2D eigenvalue weighted by Crippen LogP contribution is 2.28. The van der Waals surface area contributed by atoms with Crippen LogP contribution in [0.2, 0.25) is 0 Å². The maximum atomic E-state index is 12.3. The first-order chi connectivity index (χ1) is 10.6. The normalized spacial score (nSPS) is 17.0. The molecule has 2 N–H and O–H groups in total. The number of aliphatic carboxylic acids is 1. The molecule has 0 aliphatic heterocycles. The number of amides is 1. The van der Waals surface area contributed by atoms with Gasteiger partial charge in [-0.2, -0.15) is 0 Å². The summed E-state index contributed by atoms with van der Waals surface area (Å²) in [5, 5.41) is 12.2. The summed E-state index contributed by atoms with van der Waals surface area (Å²) in [6, 6.07) is 7.60. The monoisotopic (exact) mass is 305 g/mol. The van der Waals surface area contributed by atoms with Crippen molar-refractivity contribution >= 4 is 11.9 Å². The average molecular weight is 305 g/mol. The van der Waals surface area contributed by atoms with Crippen LogP contribution in [-0.2, 0) is 27.4 Å². The fourth-order valence-electron chi connectivity index (χ4n) is 3.04. The van der Waals surface area contributed by atoms with Crippen molar-refractivity contribution in [2.24, 2.45) is 0 Å². The zero-order valence-electron chi connectivity index (χ0n) is 12.9. The highest BCUT2D eigenvalue weighted by atomic mass is 16.5. The van der Waals surface area contributed by atoms with E-state index < -0.39 is 11.5 Å². The number of ether oxygens (including phenoxy) is 1. The number of carboxylic acid groups (broad SMARTS) is 1. The van der Waals surface area contributed by atoms with E-state index in [4.69, 9.17) is 4.74 Å². The van der Waals surface area contributed by atoms with Crippen molar-refractivity contribution in [1.29, 1.82) is 0 Å². The molecule has 0 unspecified atom stereocenters. The molecule has 0 spiro atoms. The Morgan fingerprint density at radius 3 is 2.55 bits per heavy atom. The van der Waals surface area contributed by atoms with E-state index >= 15 is 0 Å². The SMILES string of the molecule is COCc1cccc(CC(=O)NC2(C(=O)O)CCCCC2)c1. The van der Waals surface area contributed by atoms with Crippen LogP contribution in [0.25, 0.3) is 0 Å². The van der Waals surface area contributed by atoms with Gasteiger partial charge in [0.1, 0.15) is 5.54 Å². The number of hydrogen-bond donors (Lipinski definition) is 2. The third-order valence-corrected chi connectivity index (χ3v) is 4.16. The highest BCUT2D eigenvalue weighted by molar-refractivity contribution is 5.88. The van der Waals surface area contributed by atoms with E-state index in [0.29, 0.717) is 19.4 Å². The summed E-state index contributed by atoms with van der Waals surface area (Å²) in [5.74, 6) is -1.16. The first kappa shape index (κ1) is 16.5. The molecule has 0 atom stereocenters. The van der Waals surface area contributed by atoms with Crippen molar-refractivity contribution in [2.75, 3.05) is 7.11 Å².